The molecule has 2 aliphatic carbocycles. The molecule has 0 radical (unpaired) electrons. The van der Waals surface area contributed by atoms with Gasteiger partial charge in [0.1, 0.15) is 35.1 Å². The smallest absolute Gasteiger partial charge is 0.408 e. The van der Waals surface area contributed by atoms with E-state index in [1.54, 1.807) is 41.5 Å². The van der Waals surface area contributed by atoms with E-state index >= 15 is 0 Å². The Morgan fingerprint density at radius 1 is 1.08 bits per heavy atom. The highest BCUT2D eigenvalue weighted by atomic mass is 32.2. The van der Waals surface area contributed by atoms with E-state index in [2.05, 4.69) is 26.9 Å². The predicted molar refractivity (Wildman–Crippen MR) is 185 cm³/mol. The molecule has 2 aromatic rings. The zero-order valence-corrected chi connectivity index (χ0v) is 30.4. The van der Waals surface area contributed by atoms with E-state index in [0.29, 0.717) is 24.0 Å². The van der Waals surface area contributed by atoms with Gasteiger partial charge in [0, 0.05) is 23.1 Å². The molecule has 3 N–H and O–H groups in total. The molecule has 0 bridgehead atoms. The number of carbonyl (C=O) groups is 4. The SMILES string of the molecule is C=C[C@@H]1C[C@]1(NC(=O)C1CC(Oc2ncc(OC)c3ccccc23)CN1C(=O)[C@@H](NC(=O)OC(C)(C)C)C(C)(C)C)C(=O)NS(=O)(=O)C1CC1. The molecule has 4 amide bonds. The summed E-state index contributed by atoms with van der Waals surface area (Å²) in [5.74, 6) is -1.79. The van der Waals surface area contributed by atoms with Crippen molar-refractivity contribution in [1.82, 2.24) is 25.2 Å². The molecule has 1 aromatic carbocycles. The molecule has 15 heteroatoms. The second-order valence-corrected chi connectivity index (χ2v) is 17.2. The fourth-order valence-corrected chi connectivity index (χ4v) is 7.55. The molecule has 3 aliphatic rings. The molecule has 272 valence electrons. The Kier molecular flexibility index (Phi) is 9.87. The summed E-state index contributed by atoms with van der Waals surface area (Å²) in [4.78, 5) is 60.7. The molecule has 1 aromatic heterocycles. The monoisotopic (exact) mass is 713 g/mol. The third kappa shape index (κ3) is 7.82. The Bertz CT molecular complexity index is 1800. The molecule has 1 saturated heterocycles. The molecule has 14 nitrogen and oxygen atoms in total. The first kappa shape index (κ1) is 36.9. The lowest BCUT2D eigenvalue weighted by Gasteiger charge is -2.36. The summed E-state index contributed by atoms with van der Waals surface area (Å²) in [7, 11) is -2.36. The molecule has 5 atom stereocenters. The Morgan fingerprint density at radius 2 is 1.74 bits per heavy atom. The first-order chi connectivity index (χ1) is 23.3. The number of rotatable bonds is 11. The molecule has 5 rings (SSSR count). The van der Waals surface area contributed by atoms with Crippen LogP contribution in [0.1, 0.15) is 67.2 Å². The van der Waals surface area contributed by atoms with Gasteiger partial charge in [-0.15, -0.1) is 6.58 Å². The minimum Gasteiger partial charge on any atom is -0.494 e. The average molecular weight is 714 g/mol. The van der Waals surface area contributed by atoms with Crippen LogP contribution < -0.4 is 24.8 Å². The van der Waals surface area contributed by atoms with Gasteiger partial charge in [-0.25, -0.2) is 18.2 Å². The minimum atomic E-state index is -3.90. The molecule has 3 fully saturated rings. The number of carbonyl (C=O) groups excluding carboxylic acids is 4. The van der Waals surface area contributed by atoms with E-state index in [4.69, 9.17) is 14.2 Å². The topological polar surface area (TPSA) is 182 Å². The maximum Gasteiger partial charge on any atom is 0.408 e. The van der Waals surface area contributed by atoms with E-state index in [0.717, 1.165) is 5.39 Å². The van der Waals surface area contributed by atoms with Crippen LogP contribution in [0.5, 0.6) is 11.6 Å². The molecular formula is C35H47N5O9S. The Hall–Kier alpha value is -4.40. The highest BCUT2D eigenvalue weighted by molar-refractivity contribution is 7.91. The summed E-state index contributed by atoms with van der Waals surface area (Å²) in [6.07, 6.45) is 2.56. The van der Waals surface area contributed by atoms with Crippen LogP contribution in [-0.2, 0) is 29.1 Å². The molecule has 1 aliphatic heterocycles. The van der Waals surface area contributed by atoms with Crippen molar-refractivity contribution in [1.29, 1.82) is 0 Å². The Balaban J connectivity index is 1.45. The molecule has 2 heterocycles. The van der Waals surface area contributed by atoms with Crippen LogP contribution in [0.3, 0.4) is 0 Å². The van der Waals surface area contributed by atoms with E-state index < -0.39 is 79.7 Å². The summed E-state index contributed by atoms with van der Waals surface area (Å²) in [6, 6.07) is 5.09. The van der Waals surface area contributed by atoms with Crippen molar-refractivity contribution in [2.24, 2.45) is 11.3 Å². The van der Waals surface area contributed by atoms with Gasteiger partial charge >= 0.3 is 6.09 Å². The number of methoxy groups -OCH3 is 1. The zero-order valence-electron chi connectivity index (χ0n) is 29.6. The number of sulfonamides is 1. The summed E-state index contributed by atoms with van der Waals surface area (Å²) in [5, 5.41) is 6.25. The van der Waals surface area contributed by atoms with Crippen LogP contribution in [0.15, 0.2) is 43.1 Å². The number of pyridine rings is 1. The molecular weight excluding hydrogens is 666 g/mol. The fraction of sp³-hybridized carbons (Fsp3) is 0.571. The van der Waals surface area contributed by atoms with Gasteiger partial charge in [0.05, 0.1) is 25.1 Å². The van der Waals surface area contributed by atoms with Gasteiger partial charge < -0.3 is 29.7 Å². The molecule has 0 spiro atoms. The number of nitrogens with one attached hydrogen (secondary N) is 3. The quantitative estimate of drug-likeness (QED) is 0.293. The number of hydrogen-bond acceptors (Lipinski definition) is 10. The van der Waals surface area contributed by atoms with E-state index in [9.17, 15) is 27.6 Å². The maximum atomic E-state index is 14.4. The van der Waals surface area contributed by atoms with E-state index in [1.807, 2.05) is 24.3 Å². The first-order valence-electron chi connectivity index (χ1n) is 16.7. The first-order valence-corrected chi connectivity index (χ1v) is 18.2. The normalized spacial score (nSPS) is 24.1. The van der Waals surface area contributed by atoms with Crippen LogP contribution in [0.4, 0.5) is 4.79 Å². The maximum absolute atomic E-state index is 14.4. The van der Waals surface area contributed by atoms with Crippen LogP contribution in [0.25, 0.3) is 10.8 Å². The number of hydrogen-bond donors (Lipinski definition) is 3. The number of nitrogens with zero attached hydrogens (tertiary/aromatic N) is 2. The predicted octanol–water partition coefficient (Wildman–Crippen LogP) is 3.20. The minimum absolute atomic E-state index is 0.0136. The summed E-state index contributed by atoms with van der Waals surface area (Å²) < 4.78 is 44.7. The summed E-state index contributed by atoms with van der Waals surface area (Å²) >= 11 is 0. The Morgan fingerprint density at radius 3 is 2.30 bits per heavy atom. The van der Waals surface area contributed by atoms with Gasteiger partial charge in [-0.1, -0.05) is 45.0 Å². The van der Waals surface area contributed by atoms with Gasteiger partial charge in [-0.2, -0.15) is 0 Å². The van der Waals surface area contributed by atoms with Gasteiger partial charge in [-0.05, 0) is 51.5 Å². The van der Waals surface area contributed by atoms with E-state index in [-0.39, 0.29) is 25.3 Å². The number of alkyl carbamates (subject to hydrolysis) is 1. The largest absolute Gasteiger partial charge is 0.494 e. The standard InChI is InChI=1S/C35H47N5O9S/c1-9-20-17-35(20,31(43)39-50(45,46)22-14-15-22)38-28(41)25-16-21(48-29-24-13-11-10-12-23(24)26(47-8)18-36-29)19-40(25)30(42)27(33(2,3)4)37-32(44)49-34(5,6)7/h9-13,18,20-22,25,27H,1,14-17,19H2,2-8H3,(H,37,44)(H,38,41)(H,39,43)/t20-,21?,25?,27-,35-/m1/s1. The highest BCUT2D eigenvalue weighted by Crippen LogP contribution is 2.45. The third-order valence-electron chi connectivity index (χ3n) is 9.09. The lowest BCUT2D eigenvalue weighted by molar-refractivity contribution is -0.143. The Labute approximate surface area is 292 Å². The zero-order chi connectivity index (χ0) is 36.8. The lowest BCUT2D eigenvalue weighted by atomic mass is 9.85. The van der Waals surface area contributed by atoms with Gasteiger partial charge in [-0.3, -0.25) is 19.1 Å². The second kappa shape index (κ2) is 13.4. The lowest BCUT2D eigenvalue weighted by Crippen LogP contribution is -2.60. The summed E-state index contributed by atoms with van der Waals surface area (Å²) in [5.41, 5.74) is -3.20. The number of likely N-dealkylation sites (tertiary alicyclic amines) is 1. The van der Waals surface area contributed by atoms with Crippen molar-refractivity contribution >= 4 is 44.6 Å². The number of amides is 4. The van der Waals surface area contributed by atoms with Crippen LogP contribution >= 0.6 is 0 Å². The molecule has 2 saturated carbocycles. The van der Waals surface area contributed by atoms with Gasteiger partial charge in [0.15, 0.2) is 0 Å². The van der Waals surface area contributed by atoms with Crippen LogP contribution in [0, 0.1) is 11.3 Å². The van der Waals surface area contributed by atoms with Crippen molar-refractivity contribution in [3.63, 3.8) is 0 Å². The number of fused-ring (bicyclic) bond motifs is 1. The molecule has 50 heavy (non-hydrogen) atoms. The number of benzene rings is 1. The van der Waals surface area contributed by atoms with Crippen LogP contribution in [0.2, 0.25) is 0 Å². The van der Waals surface area contributed by atoms with E-state index in [1.165, 1.54) is 24.3 Å². The van der Waals surface area contributed by atoms with Crippen molar-refractivity contribution in [2.45, 2.75) is 102 Å². The second-order valence-electron chi connectivity index (χ2n) is 15.3. The fourth-order valence-electron chi connectivity index (χ4n) is 6.19. The third-order valence-corrected chi connectivity index (χ3v) is 10.9. The van der Waals surface area contributed by atoms with Gasteiger partial charge in [0.25, 0.3) is 5.91 Å². The van der Waals surface area contributed by atoms with Crippen molar-refractivity contribution in [2.75, 3.05) is 13.7 Å². The molecule has 2 unspecified atom stereocenters. The van der Waals surface area contributed by atoms with Crippen molar-refractivity contribution in [3.8, 4) is 11.6 Å². The van der Waals surface area contributed by atoms with Crippen LogP contribution in [-0.4, -0.2) is 90.3 Å². The average Bonchev–Trinajstić information content (AvgIpc) is 3.95. The highest BCUT2D eigenvalue weighted by Gasteiger charge is 2.62. The van der Waals surface area contributed by atoms with Crippen molar-refractivity contribution < 1.29 is 41.8 Å². The number of aromatic nitrogens is 1. The van der Waals surface area contributed by atoms with Crippen molar-refractivity contribution in [3.05, 3.63) is 43.1 Å². The summed E-state index contributed by atoms with van der Waals surface area (Å²) in [6.45, 7) is 14.1. The number of ether oxygens (including phenoxy) is 3. The van der Waals surface area contributed by atoms with Gasteiger partial charge in [0.2, 0.25) is 27.7 Å².